The average molecular weight is 321 g/mol. The lowest BCUT2D eigenvalue weighted by Crippen LogP contribution is -2.15. The highest BCUT2D eigenvalue weighted by Gasteiger charge is 2.05. The maximum atomic E-state index is 10.9. The molecule has 0 atom stereocenters. The van der Waals surface area contributed by atoms with Gasteiger partial charge in [0.05, 0.1) is 19.9 Å². The summed E-state index contributed by atoms with van der Waals surface area (Å²) in [5.74, 6) is 0.398. The highest BCUT2D eigenvalue weighted by molar-refractivity contribution is 14.1. The summed E-state index contributed by atoms with van der Waals surface area (Å²) in [6.07, 6.45) is 0. The lowest BCUT2D eigenvalue weighted by molar-refractivity contribution is -0.138. The number of benzene rings is 1. The molecule has 0 amide bonds. The van der Waals surface area contributed by atoms with Gasteiger partial charge in [-0.3, -0.25) is 4.79 Å². The summed E-state index contributed by atoms with van der Waals surface area (Å²) >= 11 is 2.19. The smallest absolute Gasteiger partial charge is 0.325 e. The predicted molar refractivity (Wildman–Crippen MR) is 66.2 cm³/mol. The number of rotatable bonds is 4. The molecule has 1 aromatic rings. The predicted octanol–water partition coefficient (Wildman–Crippen LogP) is 1.88. The molecule has 0 unspecified atom stereocenters. The molecule has 0 saturated heterocycles. The van der Waals surface area contributed by atoms with Gasteiger partial charge in [0, 0.05) is 3.57 Å². The summed E-state index contributed by atoms with van der Waals surface area (Å²) in [4.78, 5) is 10.9. The van der Waals surface area contributed by atoms with E-state index in [1.165, 1.54) is 7.11 Å². The molecule has 0 aromatic heterocycles. The van der Waals surface area contributed by atoms with Gasteiger partial charge >= 0.3 is 5.97 Å². The molecule has 0 aliphatic carbocycles. The monoisotopic (exact) mass is 321 g/mol. The van der Waals surface area contributed by atoms with Gasteiger partial charge in [-0.15, -0.1) is 0 Å². The number of ether oxygens (including phenoxy) is 2. The van der Waals surface area contributed by atoms with Crippen LogP contribution in [0.15, 0.2) is 18.2 Å². The molecule has 5 heteroatoms. The van der Waals surface area contributed by atoms with Crippen LogP contribution in [0.25, 0.3) is 0 Å². The zero-order valence-corrected chi connectivity index (χ0v) is 10.7. The van der Waals surface area contributed by atoms with Crippen molar-refractivity contribution in [3.8, 4) is 5.75 Å². The fraction of sp³-hybridized carbons (Fsp3) is 0.300. The van der Waals surface area contributed by atoms with E-state index in [2.05, 4.69) is 32.6 Å². The van der Waals surface area contributed by atoms with Crippen LogP contribution in [-0.2, 0) is 9.53 Å². The average Bonchev–Trinajstić information content (AvgIpc) is 2.26. The van der Waals surface area contributed by atoms with E-state index in [-0.39, 0.29) is 12.5 Å². The molecule has 0 aliphatic rings. The Morgan fingerprint density at radius 1 is 1.47 bits per heavy atom. The fourth-order valence-electron chi connectivity index (χ4n) is 1.06. The molecule has 0 bridgehead atoms. The molecule has 0 heterocycles. The van der Waals surface area contributed by atoms with E-state index in [0.29, 0.717) is 5.75 Å². The van der Waals surface area contributed by atoms with E-state index in [0.717, 1.165) is 9.26 Å². The van der Waals surface area contributed by atoms with Crippen molar-refractivity contribution in [3.63, 3.8) is 0 Å². The summed E-state index contributed by atoms with van der Waals surface area (Å²) in [5, 5.41) is 2.95. The molecular formula is C10H12INO3. The van der Waals surface area contributed by atoms with Crippen LogP contribution in [0.1, 0.15) is 0 Å². The second-order valence-corrected chi connectivity index (χ2v) is 4.02. The van der Waals surface area contributed by atoms with E-state index in [9.17, 15) is 4.79 Å². The van der Waals surface area contributed by atoms with Gasteiger partial charge in [0.1, 0.15) is 12.3 Å². The van der Waals surface area contributed by atoms with Crippen molar-refractivity contribution in [2.24, 2.45) is 0 Å². The highest BCUT2D eigenvalue weighted by atomic mass is 127. The molecule has 0 fully saturated rings. The van der Waals surface area contributed by atoms with Crippen molar-refractivity contribution in [2.75, 3.05) is 26.1 Å². The Morgan fingerprint density at radius 3 is 2.80 bits per heavy atom. The molecule has 0 spiro atoms. The van der Waals surface area contributed by atoms with Crippen molar-refractivity contribution in [2.45, 2.75) is 0 Å². The minimum Gasteiger partial charge on any atom is -0.495 e. The number of carbonyl (C=O) groups excluding carboxylic acids is 1. The van der Waals surface area contributed by atoms with E-state index >= 15 is 0 Å². The molecule has 4 nitrogen and oxygen atoms in total. The van der Waals surface area contributed by atoms with Gasteiger partial charge in [-0.25, -0.2) is 0 Å². The summed E-state index contributed by atoms with van der Waals surface area (Å²) in [6, 6.07) is 5.69. The molecule has 0 saturated carbocycles. The summed E-state index contributed by atoms with van der Waals surface area (Å²) in [6.45, 7) is 0.132. The molecule has 0 aliphatic heterocycles. The van der Waals surface area contributed by atoms with Crippen LogP contribution in [0.3, 0.4) is 0 Å². The van der Waals surface area contributed by atoms with Gasteiger partial charge in [0.25, 0.3) is 0 Å². The van der Waals surface area contributed by atoms with Crippen LogP contribution in [0.4, 0.5) is 5.69 Å². The summed E-state index contributed by atoms with van der Waals surface area (Å²) in [7, 11) is 2.95. The van der Waals surface area contributed by atoms with E-state index in [1.54, 1.807) is 7.11 Å². The molecular weight excluding hydrogens is 309 g/mol. The first-order valence-electron chi connectivity index (χ1n) is 4.31. The first-order valence-corrected chi connectivity index (χ1v) is 5.39. The van der Waals surface area contributed by atoms with Crippen LogP contribution < -0.4 is 10.1 Å². The Labute approximate surface area is 102 Å². The van der Waals surface area contributed by atoms with Crippen LogP contribution in [-0.4, -0.2) is 26.7 Å². The van der Waals surface area contributed by atoms with Gasteiger partial charge in [-0.2, -0.15) is 0 Å². The number of methoxy groups -OCH3 is 2. The zero-order chi connectivity index (χ0) is 11.3. The Balaban J connectivity index is 2.74. The van der Waals surface area contributed by atoms with Crippen LogP contribution >= 0.6 is 22.6 Å². The first kappa shape index (κ1) is 12.1. The largest absolute Gasteiger partial charge is 0.495 e. The van der Waals surface area contributed by atoms with Crippen LogP contribution in [0.5, 0.6) is 5.75 Å². The highest BCUT2D eigenvalue weighted by Crippen LogP contribution is 2.25. The van der Waals surface area contributed by atoms with Crippen LogP contribution in [0, 0.1) is 3.57 Å². The van der Waals surface area contributed by atoms with Gasteiger partial charge in [-0.05, 0) is 40.8 Å². The van der Waals surface area contributed by atoms with Gasteiger partial charge in [0.2, 0.25) is 0 Å². The van der Waals surface area contributed by atoms with Crippen molar-refractivity contribution in [1.82, 2.24) is 0 Å². The number of anilines is 1. The van der Waals surface area contributed by atoms with E-state index in [4.69, 9.17) is 4.74 Å². The van der Waals surface area contributed by atoms with Crippen LogP contribution in [0.2, 0.25) is 0 Å². The third-order valence-corrected chi connectivity index (χ3v) is 2.48. The maximum Gasteiger partial charge on any atom is 0.325 e. The third-order valence-electron chi connectivity index (χ3n) is 1.81. The lowest BCUT2D eigenvalue weighted by Gasteiger charge is -2.10. The minimum atomic E-state index is -0.309. The van der Waals surface area contributed by atoms with Crippen molar-refractivity contribution in [1.29, 1.82) is 0 Å². The molecule has 15 heavy (non-hydrogen) atoms. The molecule has 1 aromatic carbocycles. The molecule has 82 valence electrons. The molecule has 0 radical (unpaired) electrons. The van der Waals surface area contributed by atoms with E-state index in [1.807, 2.05) is 18.2 Å². The van der Waals surface area contributed by atoms with Crippen molar-refractivity contribution < 1.29 is 14.3 Å². The quantitative estimate of drug-likeness (QED) is 0.680. The number of halogens is 1. The number of esters is 1. The van der Waals surface area contributed by atoms with Gasteiger partial charge in [-0.1, -0.05) is 0 Å². The minimum absolute atomic E-state index is 0.132. The Bertz CT molecular complexity index is 355. The number of nitrogens with one attached hydrogen (secondary N) is 1. The second kappa shape index (κ2) is 5.79. The second-order valence-electron chi connectivity index (χ2n) is 2.77. The molecule has 1 rings (SSSR count). The number of carbonyl (C=O) groups is 1. The summed E-state index contributed by atoms with van der Waals surface area (Å²) < 4.78 is 10.8. The summed E-state index contributed by atoms with van der Waals surface area (Å²) in [5.41, 5.74) is 0.787. The topological polar surface area (TPSA) is 47.6 Å². The van der Waals surface area contributed by atoms with Crippen molar-refractivity contribution >= 4 is 34.2 Å². The fourth-order valence-corrected chi connectivity index (χ4v) is 1.55. The maximum absolute atomic E-state index is 10.9. The third kappa shape index (κ3) is 3.58. The Morgan fingerprint density at radius 2 is 2.20 bits per heavy atom. The lowest BCUT2D eigenvalue weighted by atomic mass is 10.3. The first-order chi connectivity index (χ1) is 7.17. The Kier molecular flexibility index (Phi) is 4.67. The molecule has 1 N–H and O–H groups in total. The zero-order valence-electron chi connectivity index (χ0n) is 8.54. The van der Waals surface area contributed by atoms with Gasteiger partial charge < -0.3 is 14.8 Å². The normalized spacial score (nSPS) is 9.53. The van der Waals surface area contributed by atoms with Crippen molar-refractivity contribution in [3.05, 3.63) is 21.8 Å². The Hall–Kier alpha value is -0.980. The standard InChI is InChI=1S/C10H12INO3/c1-14-9-4-3-7(11)5-8(9)12-6-10(13)15-2/h3-5,12H,6H2,1-2H3. The van der Waals surface area contributed by atoms with Gasteiger partial charge in [0.15, 0.2) is 0 Å². The number of hydrogen-bond acceptors (Lipinski definition) is 4. The SMILES string of the molecule is COC(=O)CNc1cc(I)ccc1OC. The van der Waals surface area contributed by atoms with E-state index < -0.39 is 0 Å². The number of hydrogen-bond donors (Lipinski definition) is 1.